The van der Waals surface area contributed by atoms with Gasteiger partial charge in [-0.15, -0.1) is 11.3 Å². The third-order valence-electron chi connectivity index (χ3n) is 2.08. The standard InChI is InChI=1S/C9H10BrNOS/c10-8-3-7(5-13-8)9(12)11-4-6-1-2-6/h3,5-6H,1-2,4H2,(H,11,12). The monoisotopic (exact) mass is 259 g/mol. The maximum absolute atomic E-state index is 11.5. The zero-order valence-corrected chi connectivity index (χ0v) is 9.45. The first-order valence-electron chi connectivity index (χ1n) is 4.28. The topological polar surface area (TPSA) is 29.1 Å². The Kier molecular flexibility index (Phi) is 2.69. The summed E-state index contributed by atoms with van der Waals surface area (Å²) in [6.07, 6.45) is 2.54. The van der Waals surface area contributed by atoms with Gasteiger partial charge in [0.2, 0.25) is 0 Å². The molecule has 1 amide bonds. The highest BCUT2D eigenvalue weighted by Gasteiger charge is 2.21. The minimum Gasteiger partial charge on any atom is -0.352 e. The summed E-state index contributed by atoms with van der Waals surface area (Å²) in [6.45, 7) is 0.840. The van der Waals surface area contributed by atoms with Gasteiger partial charge in [-0.2, -0.15) is 0 Å². The van der Waals surface area contributed by atoms with E-state index in [0.29, 0.717) is 0 Å². The van der Waals surface area contributed by atoms with Crippen LogP contribution in [-0.4, -0.2) is 12.5 Å². The number of carbonyl (C=O) groups is 1. The predicted molar refractivity (Wildman–Crippen MR) is 57.1 cm³/mol. The Bertz CT molecular complexity index is 319. The zero-order chi connectivity index (χ0) is 9.26. The fourth-order valence-electron chi connectivity index (χ4n) is 1.09. The van der Waals surface area contributed by atoms with Gasteiger partial charge < -0.3 is 5.32 Å². The molecular weight excluding hydrogens is 250 g/mol. The number of amides is 1. The van der Waals surface area contributed by atoms with Gasteiger partial charge in [0, 0.05) is 11.9 Å². The van der Waals surface area contributed by atoms with E-state index < -0.39 is 0 Å². The second kappa shape index (κ2) is 3.80. The molecule has 1 fully saturated rings. The molecule has 1 aromatic rings. The maximum Gasteiger partial charge on any atom is 0.252 e. The van der Waals surface area contributed by atoms with Crippen molar-refractivity contribution in [2.45, 2.75) is 12.8 Å². The fraction of sp³-hybridized carbons (Fsp3) is 0.444. The smallest absolute Gasteiger partial charge is 0.252 e. The molecule has 1 aliphatic rings. The Morgan fingerprint density at radius 1 is 1.69 bits per heavy atom. The van der Waals surface area contributed by atoms with Crippen LogP contribution in [0.4, 0.5) is 0 Å². The Hall–Kier alpha value is -0.350. The van der Waals surface area contributed by atoms with Gasteiger partial charge in [0.15, 0.2) is 0 Å². The second-order valence-electron chi connectivity index (χ2n) is 3.29. The first-order chi connectivity index (χ1) is 6.25. The summed E-state index contributed by atoms with van der Waals surface area (Å²) in [4.78, 5) is 11.5. The lowest BCUT2D eigenvalue weighted by atomic mass is 10.3. The van der Waals surface area contributed by atoms with Crippen molar-refractivity contribution in [2.24, 2.45) is 5.92 Å². The van der Waals surface area contributed by atoms with Crippen molar-refractivity contribution < 1.29 is 4.79 Å². The summed E-state index contributed by atoms with van der Waals surface area (Å²) in [5.74, 6) is 0.792. The number of nitrogens with one attached hydrogen (secondary N) is 1. The predicted octanol–water partition coefficient (Wildman–Crippen LogP) is 2.65. The second-order valence-corrected chi connectivity index (χ2v) is 5.58. The van der Waals surface area contributed by atoms with Crippen molar-refractivity contribution >= 4 is 33.2 Å². The van der Waals surface area contributed by atoms with Crippen LogP contribution in [0.5, 0.6) is 0 Å². The average Bonchev–Trinajstić information content (AvgIpc) is 2.84. The van der Waals surface area contributed by atoms with Crippen molar-refractivity contribution in [1.29, 1.82) is 0 Å². The van der Waals surface area contributed by atoms with Crippen molar-refractivity contribution in [3.05, 3.63) is 20.8 Å². The van der Waals surface area contributed by atoms with Crippen LogP contribution in [0.1, 0.15) is 23.2 Å². The van der Waals surface area contributed by atoms with Crippen LogP contribution in [0.15, 0.2) is 15.2 Å². The van der Waals surface area contributed by atoms with Crippen molar-refractivity contribution in [2.75, 3.05) is 6.54 Å². The summed E-state index contributed by atoms with van der Waals surface area (Å²) in [6, 6.07) is 1.85. The first-order valence-corrected chi connectivity index (χ1v) is 5.95. The minimum atomic E-state index is 0.0499. The molecule has 2 rings (SSSR count). The summed E-state index contributed by atoms with van der Waals surface area (Å²) in [7, 11) is 0. The molecule has 0 unspecified atom stereocenters. The molecule has 1 aromatic heterocycles. The molecule has 0 spiro atoms. The molecule has 70 valence electrons. The van der Waals surface area contributed by atoms with Gasteiger partial charge >= 0.3 is 0 Å². The van der Waals surface area contributed by atoms with Crippen LogP contribution in [0.25, 0.3) is 0 Å². The highest BCUT2D eigenvalue weighted by Crippen LogP contribution is 2.27. The molecule has 0 atom stereocenters. The van der Waals surface area contributed by atoms with Gasteiger partial charge in [0.25, 0.3) is 5.91 Å². The van der Waals surface area contributed by atoms with Crippen LogP contribution >= 0.6 is 27.3 Å². The van der Waals surface area contributed by atoms with Crippen LogP contribution < -0.4 is 5.32 Å². The number of thiophene rings is 1. The van der Waals surface area contributed by atoms with Crippen LogP contribution in [-0.2, 0) is 0 Å². The number of carbonyl (C=O) groups excluding carboxylic acids is 1. The molecule has 1 saturated carbocycles. The number of hydrogen-bond donors (Lipinski definition) is 1. The van der Waals surface area contributed by atoms with Crippen molar-refractivity contribution in [1.82, 2.24) is 5.32 Å². The largest absolute Gasteiger partial charge is 0.352 e. The normalized spacial score (nSPS) is 15.8. The molecule has 13 heavy (non-hydrogen) atoms. The van der Waals surface area contributed by atoms with Crippen molar-refractivity contribution in [3.63, 3.8) is 0 Å². The van der Waals surface area contributed by atoms with Gasteiger partial charge in [-0.3, -0.25) is 4.79 Å². The molecule has 0 bridgehead atoms. The lowest BCUT2D eigenvalue weighted by molar-refractivity contribution is 0.0952. The number of hydrogen-bond acceptors (Lipinski definition) is 2. The highest BCUT2D eigenvalue weighted by atomic mass is 79.9. The maximum atomic E-state index is 11.5. The molecule has 1 N–H and O–H groups in total. The molecule has 1 heterocycles. The van der Waals surface area contributed by atoms with E-state index in [1.54, 1.807) is 0 Å². The van der Waals surface area contributed by atoms with E-state index in [4.69, 9.17) is 0 Å². The number of halogens is 1. The lowest BCUT2D eigenvalue weighted by Gasteiger charge is -2.00. The molecule has 0 saturated heterocycles. The van der Waals surface area contributed by atoms with Gasteiger partial charge in [0.1, 0.15) is 0 Å². The SMILES string of the molecule is O=C(NCC1CC1)c1csc(Br)c1. The van der Waals surface area contributed by atoms with Crippen LogP contribution in [0.3, 0.4) is 0 Å². The quantitative estimate of drug-likeness (QED) is 0.889. The molecule has 0 aromatic carbocycles. The molecule has 0 radical (unpaired) electrons. The van der Waals surface area contributed by atoms with Crippen LogP contribution in [0.2, 0.25) is 0 Å². The number of rotatable bonds is 3. The molecule has 1 aliphatic carbocycles. The average molecular weight is 260 g/mol. The molecular formula is C9H10BrNOS. The Morgan fingerprint density at radius 2 is 2.46 bits per heavy atom. The molecule has 4 heteroatoms. The fourth-order valence-corrected chi connectivity index (χ4v) is 2.23. The van der Waals surface area contributed by atoms with Gasteiger partial charge in [-0.1, -0.05) is 0 Å². The zero-order valence-electron chi connectivity index (χ0n) is 7.05. The third kappa shape index (κ3) is 2.54. The lowest BCUT2D eigenvalue weighted by Crippen LogP contribution is -2.24. The van der Waals surface area contributed by atoms with E-state index in [0.717, 1.165) is 21.8 Å². The highest BCUT2D eigenvalue weighted by molar-refractivity contribution is 9.11. The van der Waals surface area contributed by atoms with Crippen LogP contribution in [0, 0.1) is 5.92 Å². The summed E-state index contributed by atoms with van der Waals surface area (Å²) < 4.78 is 1.00. The minimum absolute atomic E-state index is 0.0499. The third-order valence-corrected chi connectivity index (χ3v) is 3.58. The summed E-state index contributed by atoms with van der Waals surface area (Å²) in [5.41, 5.74) is 0.762. The summed E-state index contributed by atoms with van der Waals surface area (Å²) >= 11 is 4.87. The van der Waals surface area contributed by atoms with E-state index in [9.17, 15) is 4.79 Å². The van der Waals surface area contributed by atoms with Gasteiger partial charge in [0.05, 0.1) is 9.35 Å². The van der Waals surface area contributed by atoms with E-state index >= 15 is 0 Å². The Morgan fingerprint density at radius 3 is 3.00 bits per heavy atom. The first kappa shape index (κ1) is 9.21. The van der Waals surface area contributed by atoms with Gasteiger partial charge in [-0.25, -0.2) is 0 Å². The van der Waals surface area contributed by atoms with E-state index in [-0.39, 0.29) is 5.91 Å². The molecule has 0 aliphatic heterocycles. The Labute approximate surface area is 89.5 Å². The summed E-state index contributed by atoms with van der Waals surface area (Å²) in [5, 5.41) is 4.79. The van der Waals surface area contributed by atoms with E-state index in [1.165, 1.54) is 24.2 Å². The van der Waals surface area contributed by atoms with E-state index in [2.05, 4.69) is 21.2 Å². The Balaban J connectivity index is 1.88. The van der Waals surface area contributed by atoms with Gasteiger partial charge in [-0.05, 0) is 40.8 Å². The van der Waals surface area contributed by atoms with E-state index in [1.807, 2.05) is 11.4 Å². The molecule has 2 nitrogen and oxygen atoms in total. The van der Waals surface area contributed by atoms with Crippen molar-refractivity contribution in [3.8, 4) is 0 Å².